The SMILES string of the molecule is Cc1ccc(C(C)C)cc1C(N)CC1CCCNC1. The lowest BCUT2D eigenvalue weighted by atomic mass is 9.87. The molecule has 0 spiro atoms. The van der Waals surface area contributed by atoms with Gasteiger partial charge in [-0.1, -0.05) is 32.0 Å². The van der Waals surface area contributed by atoms with E-state index in [2.05, 4.69) is 44.3 Å². The van der Waals surface area contributed by atoms with Crippen molar-refractivity contribution in [3.8, 4) is 0 Å². The fraction of sp³-hybridized carbons (Fsp3) is 0.647. The van der Waals surface area contributed by atoms with Gasteiger partial charge in [-0.05, 0) is 67.8 Å². The van der Waals surface area contributed by atoms with Gasteiger partial charge in [-0.3, -0.25) is 0 Å². The Hall–Kier alpha value is -0.860. The molecule has 1 heterocycles. The van der Waals surface area contributed by atoms with Crippen molar-refractivity contribution < 1.29 is 0 Å². The van der Waals surface area contributed by atoms with E-state index in [0.717, 1.165) is 18.9 Å². The van der Waals surface area contributed by atoms with E-state index in [4.69, 9.17) is 5.73 Å². The van der Waals surface area contributed by atoms with E-state index in [1.165, 1.54) is 36.1 Å². The summed E-state index contributed by atoms with van der Waals surface area (Å²) in [5.74, 6) is 1.31. The van der Waals surface area contributed by atoms with Gasteiger partial charge in [-0.15, -0.1) is 0 Å². The molecule has 106 valence electrons. The molecule has 0 radical (unpaired) electrons. The molecule has 19 heavy (non-hydrogen) atoms. The van der Waals surface area contributed by atoms with Crippen LogP contribution in [0.3, 0.4) is 0 Å². The second-order valence-corrected chi connectivity index (χ2v) is 6.33. The summed E-state index contributed by atoms with van der Waals surface area (Å²) in [7, 11) is 0. The van der Waals surface area contributed by atoms with Crippen LogP contribution in [0.2, 0.25) is 0 Å². The molecule has 1 aliphatic heterocycles. The number of nitrogens with two attached hydrogens (primary N) is 1. The molecule has 1 fully saturated rings. The van der Waals surface area contributed by atoms with Crippen molar-refractivity contribution in [3.63, 3.8) is 0 Å². The highest BCUT2D eigenvalue weighted by Gasteiger charge is 2.19. The van der Waals surface area contributed by atoms with Crippen LogP contribution in [0.4, 0.5) is 0 Å². The van der Waals surface area contributed by atoms with E-state index in [9.17, 15) is 0 Å². The quantitative estimate of drug-likeness (QED) is 0.869. The topological polar surface area (TPSA) is 38.0 Å². The molecule has 3 N–H and O–H groups in total. The van der Waals surface area contributed by atoms with Crippen molar-refractivity contribution in [2.75, 3.05) is 13.1 Å². The van der Waals surface area contributed by atoms with Gasteiger partial charge in [-0.25, -0.2) is 0 Å². The van der Waals surface area contributed by atoms with Crippen molar-refractivity contribution in [1.82, 2.24) is 5.32 Å². The summed E-state index contributed by atoms with van der Waals surface area (Å²) < 4.78 is 0. The Morgan fingerprint density at radius 2 is 2.16 bits per heavy atom. The zero-order chi connectivity index (χ0) is 13.8. The van der Waals surface area contributed by atoms with E-state index in [0.29, 0.717) is 5.92 Å². The maximum absolute atomic E-state index is 6.47. The van der Waals surface area contributed by atoms with Crippen LogP contribution < -0.4 is 11.1 Å². The molecule has 2 unspecified atom stereocenters. The number of hydrogen-bond acceptors (Lipinski definition) is 2. The zero-order valence-corrected chi connectivity index (χ0v) is 12.6. The molecule has 0 bridgehead atoms. The highest BCUT2D eigenvalue weighted by atomic mass is 14.9. The fourth-order valence-electron chi connectivity index (χ4n) is 3.03. The Bertz CT molecular complexity index is 406. The lowest BCUT2D eigenvalue weighted by molar-refractivity contribution is 0.336. The summed E-state index contributed by atoms with van der Waals surface area (Å²) in [6.45, 7) is 8.97. The Morgan fingerprint density at radius 3 is 2.79 bits per heavy atom. The summed E-state index contributed by atoms with van der Waals surface area (Å²) in [6.07, 6.45) is 3.72. The van der Waals surface area contributed by atoms with Crippen LogP contribution in [0, 0.1) is 12.8 Å². The van der Waals surface area contributed by atoms with Crippen molar-refractivity contribution in [1.29, 1.82) is 0 Å². The molecule has 0 amide bonds. The summed E-state index contributed by atoms with van der Waals surface area (Å²) in [5, 5.41) is 3.48. The number of hydrogen-bond donors (Lipinski definition) is 2. The van der Waals surface area contributed by atoms with E-state index >= 15 is 0 Å². The molecule has 2 nitrogen and oxygen atoms in total. The zero-order valence-electron chi connectivity index (χ0n) is 12.6. The largest absolute Gasteiger partial charge is 0.324 e. The Kier molecular flexibility index (Phi) is 5.00. The minimum Gasteiger partial charge on any atom is -0.324 e. The standard InChI is InChI=1S/C17H28N2/c1-12(2)15-7-6-13(3)16(10-15)17(18)9-14-5-4-8-19-11-14/h6-7,10,12,14,17,19H,4-5,8-9,11,18H2,1-3H3. The molecule has 2 heteroatoms. The van der Waals surface area contributed by atoms with Crippen molar-refractivity contribution >= 4 is 0 Å². The predicted molar refractivity (Wildman–Crippen MR) is 82.4 cm³/mol. The molecular weight excluding hydrogens is 232 g/mol. The van der Waals surface area contributed by atoms with E-state index < -0.39 is 0 Å². The molecule has 1 saturated heterocycles. The number of nitrogens with one attached hydrogen (secondary N) is 1. The molecule has 1 aromatic rings. The monoisotopic (exact) mass is 260 g/mol. The third-order valence-corrected chi connectivity index (χ3v) is 4.36. The fourth-order valence-corrected chi connectivity index (χ4v) is 3.03. The van der Waals surface area contributed by atoms with Gasteiger partial charge in [0.2, 0.25) is 0 Å². The molecule has 1 aromatic carbocycles. The molecule has 0 saturated carbocycles. The second-order valence-electron chi connectivity index (χ2n) is 6.33. The summed E-state index contributed by atoms with van der Waals surface area (Å²) in [5.41, 5.74) is 10.5. The average Bonchev–Trinajstić information content (AvgIpc) is 2.40. The normalized spacial score (nSPS) is 21.6. The van der Waals surface area contributed by atoms with Gasteiger partial charge >= 0.3 is 0 Å². The van der Waals surface area contributed by atoms with Crippen LogP contribution in [0.15, 0.2) is 18.2 Å². The predicted octanol–water partition coefficient (Wildman–Crippen LogP) is 3.51. The summed E-state index contributed by atoms with van der Waals surface area (Å²) >= 11 is 0. The van der Waals surface area contributed by atoms with E-state index in [1.54, 1.807) is 0 Å². The van der Waals surface area contributed by atoms with Crippen LogP contribution >= 0.6 is 0 Å². The van der Waals surface area contributed by atoms with E-state index in [1.807, 2.05) is 0 Å². The van der Waals surface area contributed by atoms with Crippen molar-refractivity contribution in [2.24, 2.45) is 11.7 Å². The van der Waals surface area contributed by atoms with Gasteiger partial charge in [-0.2, -0.15) is 0 Å². The maximum atomic E-state index is 6.47. The highest BCUT2D eigenvalue weighted by Crippen LogP contribution is 2.28. The smallest absolute Gasteiger partial charge is 0.0300 e. The van der Waals surface area contributed by atoms with Crippen LogP contribution in [-0.2, 0) is 0 Å². The first-order chi connectivity index (χ1) is 9.08. The molecule has 2 atom stereocenters. The molecule has 1 aliphatic rings. The summed E-state index contributed by atoms with van der Waals surface area (Å²) in [4.78, 5) is 0. The van der Waals surface area contributed by atoms with E-state index in [-0.39, 0.29) is 6.04 Å². The van der Waals surface area contributed by atoms with Gasteiger partial charge in [0.05, 0.1) is 0 Å². The molecule has 0 aliphatic carbocycles. The Balaban J connectivity index is 2.08. The van der Waals surface area contributed by atoms with Gasteiger partial charge < -0.3 is 11.1 Å². The van der Waals surface area contributed by atoms with Gasteiger partial charge in [0.25, 0.3) is 0 Å². The highest BCUT2D eigenvalue weighted by molar-refractivity contribution is 5.34. The van der Waals surface area contributed by atoms with Crippen LogP contribution in [0.25, 0.3) is 0 Å². The molecule has 0 aromatic heterocycles. The van der Waals surface area contributed by atoms with Gasteiger partial charge in [0, 0.05) is 6.04 Å². The number of piperidine rings is 1. The second kappa shape index (κ2) is 6.53. The lowest BCUT2D eigenvalue weighted by Gasteiger charge is -2.26. The third kappa shape index (κ3) is 3.80. The molecular formula is C17H28N2. The minimum absolute atomic E-state index is 0.184. The van der Waals surface area contributed by atoms with Crippen molar-refractivity contribution in [2.45, 2.75) is 52.0 Å². The number of benzene rings is 1. The van der Waals surface area contributed by atoms with Gasteiger partial charge in [0.15, 0.2) is 0 Å². The minimum atomic E-state index is 0.184. The first-order valence-corrected chi connectivity index (χ1v) is 7.64. The maximum Gasteiger partial charge on any atom is 0.0300 e. The summed E-state index contributed by atoms with van der Waals surface area (Å²) in [6, 6.07) is 6.96. The lowest BCUT2D eigenvalue weighted by Crippen LogP contribution is -2.32. The first-order valence-electron chi connectivity index (χ1n) is 7.64. The van der Waals surface area contributed by atoms with Crippen LogP contribution in [0.1, 0.15) is 61.8 Å². The van der Waals surface area contributed by atoms with Crippen LogP contribution in [-0.4, -0.2) is 13.1 Å². The average molecular weight is 260 g/mol. The first kappa shape index (κ1) is 14.5. The van der Waals surface area contributed by atoms with Crippen molar-refractivity contribution in [3.05, 3.63) is 34.9 Å². The van der Waals surface area contributed by atoms with Crippen LogP contribution in [0.5, 0.6) is 0 Å². The number of aryl methyl sites for hydroxylation is 1. The Morgan fingerprint density at radius 1 is 1.37 bits per heavy atom. The Labute approximate surface area is 117 Å². The van der Waals surface area contributed by atoms with Gasteiger partial charge in [0.1, 0.15) is 0 Å². The number of rotatable bonds is 4. The molecule has 2 rings (SSSR count). The third-order valence-electron chi connectivity index (χ3n) is 4.36.